The molecule has 1 saturated heterocycles. The van der Waals surface area contributed by atoms with Gasteiger partial charge < -0.3 is 4.90 Å². The third kappa shape index (κ3) is 2.67. The van der Waals surface area contributed by atoms with E-state index in [9.17, 15) is 13.2 Å². The highest BCUT2D eigenvalue weighted by Crippen LogP contribution is 2.35. The Hall–Kier alpha value is -1.70. The van der Waals surface area contributed by atoms with Crippen molar-refractivity contribution in [3.8, 4) is 6.07 Å². The van der Waals surface area contributed by atoms with Gasteiger partial charge in [-0.15, -0.1) is 0 Å². The standard InChI is InChI=1S/C14H15F3N2/c1-2-11-4-3-7-19(11)12-5-6-13(14(15,16)17)10(8-12)9-18/h5-6,8,11H,2-4,7H2,1H3. The first-order valence-electron chi connectivity index (χ1n) is 6.35. The van der Waals surface area contributed by atoms with Crippen molar-refractivity contribution >= 4 is 5.69 Å². The molecule has 0 amide bonds. The fraction of sp³-hybridized carbons (Fsp3) is 0.500. The number of alkyl halides is 3. The van der Waals surface area contributed by atoms with E-state index in [0.717, 1.165) is 31.9 Å². The molecule has 0 aromatic heterocycles. The zero-order valence-corrected chi connectivity index (χ0v) is 10.7. The minimum absolute atomic E-state index is 0.299. The van der Waals surface area contributed by atoms with Crippen molar-refractivity contribution in [1.29, 1.82) is 5.26 Å². The number of anilines is 1. The highest BCUT2D eigenvalue weighted by molar-refractivity contribution is 5.56. The lowest BCUT2D eigenvalue weighted by atomic mass is 10.1. The molecule has 19 heavy (non-hydrogen) atoms. The number of nitriles is 1. The molecule has 1 aliphatic heterocycles. The van der Waals surface area contributed by atoms with Crippen molar-refractivity contribution in [2.75, 3.05) is 11.4 Å². The predicted molar refractivity (Wildman–Crippen MR) is 66.8 cm³/mol. The van der Waals surface area contributed by atoms with Crippen LogP contribution in [0.3, 0.4) is 0 Å². The summed E-state index contributed by atoms with van der Waals surface area (Å²) in [5.41, 5.74) is -0.438. The van der Waals surface area contributed by atoms with Gasteiger partial charge in [0.25, 0.3) is 0 Å². The Bertz CT molecular complexity index is 502. The van der Waals surface area contributed by atoms with E-state index in [1.165, 1.54) is 12.1 Å². The van der Waals surface area contributed by atoms with Crippen LogP contribution in [0.2, 0.25) is 0 Å². The lowest BCUT2D eigenvalue weighted by molar-refractivity contribution is -0.137. The van der Waals surface area contributed by atoms with E-state index in [0.29, 0.717) is 11.7 Å². The second-order valence-electron chi connectivity index (χ2n) is 4.74. The average Bonchev–Trinajstić information content (AvgIpc) is 2.85. The van der Waals surface area contributed by atoms with Gasteiger partial charge in [0.15, 0.2) is 0 Å². The molecule has 5 heteroatoms. The van der Waals surface area contributed by atoms with Gasteiger partial charge in [-0.2, -0.15) is 18.4 Å². The number of benzene rings is 1. The summed E-state index contributed by atoms with van der Waals surface area (Å²) in [6, 6.07) is 5.86. The van der Waals surface area contributed by atoms with Crippen LogP contribution in [-0.2, 0) is 6.18 Å². The molecule has 1 aromatic rings. The van der Waals surface area contributed by atoms with Crippen LogP contribution in [0.5, 0.6) is 0 Å². The number of nitrogens with zero attached hydrogens (tertiary/aromatic N) is 2. The summed E-state index contributed by atoms with van der Waals surface area (Å²) < 4.78 is 38.2. The Balaban J connectivity index is 2.38. The third-order valence-corrected chi connectivity index (χ3v) is 3.61. The molecule has 2 nitrogen and oxygen atoms in total. The number of halogens is 3. The quantitative estimate of drug-likeness (QED) is 0.811. The highest BCUT2D eigenvalue weighted by atomic mass is 19.4. The third-order valence-electron chi connectivity index (χ3n) is 3.61. The lowest BCUT2D eigenvalue weighted by Gasteiger charge is -2.26. The second-order valence-corrected chi connectivity index (χ2v) is 4.74. The Morgan fingerprint density at radius 1 is 1.42 bits per heavy atom. The predicted octanol–water partition coefficient (Wildman–Crippen LogP) is 3.96. The lowest BCUT2D eigenvalue weighted by Crippen LogP contribution is -2.28. The summed E-state index contributed by atoms with van der Waals surface area (Å²) in [5, 5.41) is 8.90. The summed E-state index contributed by atoms with van der Waals surface area (Å²) in [6.45, 7) is 2.91. The van der Waals surface area contributed by atoms with Crippen LogP contribution in [0.25, 0.3) is 0 Å². The van der Waals surface area contributed by atoms with Crippen molar-refractivity contribution in [2.45, 2.75) is 38.4 Å². The molecule has 0 bridgehead atoms. The van der Waals surface area contributed by atoms with Gasteiger partial charge in [-0.05, 0) is 37.5 Å². The van der Waals surface area contributed by atoms with Crippen LogP contribution in [0.15, 0.2) is 18.2 Å². The van der Waals surface area contributed by atoms with Crippen LogP contribution in [0, 0.1) is 11.3 Å². The molecule has 0 radical (unpaired) electrons. The highest BCUT2D eigenvalue weighted by Gasteiger charge is 2.34. The molecule has 0 saturated carbocycles. The van der Waals surface area contributed by atoms with Crippen LogP contribution < -0.4 is 4.90 Å². The molecule has 2 rings (SSSR count). The van der Waals surface area contributed by atoms with Gasteiger partial charge in [0, 0.05) is 18.3 Å². The molecule has 0 spiro atoms. The van der Waals surface area contributed by atoms with Gasteiger partial charge in [0.1, 0.15) is 0 Å². The van der Waals surface area contributed by atoms with E-state index in [2.05, 4.69) is 11.8 Å². The minimum atomic E-state index is -4.47. The average molecular weight is 268 g/mol. The van der Waals surface area contributed by atoms with Crippen molar-refractivity contribution in [3.05, 3.63) is 29.3 Å². The van der Waals surface area contributed by atoms with Gasteiger partial charge in [0.2, 0.25) is 0 Å². The molecule has 1 fully saturated rings. The molecular weight excluding hydrogens is 253 g/mol. The van der Waals surface area contributed by atoms with Gasteiger partial charge in [-0.25, -0.2) is 0 Å². The van der Waals surface area contributed by atoms with E-state index in [-0.39, 0.29) is 5.56 Å². The monoisotopic (exact) mass is 268 g/mol. The first-order chi connectivity index (χ1) is 8.97. The fourth-order valence-electron chi connectivity index (χ4n) is 2.65. The zero-order valence-electron chi connectivity index (χ0n) is 10.7. The van der Waals surface area contributed by atoms with Gasteiger partial charge in [-0.1, -0.05) is 6.92 Å². The smallest absolute Gasteiger partial charge is 0.369 e. The Morgan fingerprint density at radius 2 is 2.16 bits per heavy atom. The van der Waals surface area contributed by atoms with Crippen molar-refractivity contribution in [3.63, 3.8) is 0 Å². The molecule has 1 aliphatic rings. The number of hydrogen-bond donors (Lipinski definition) is 0. The molecule has 102 valence electrons. The maximum atomic E-state index is 12.7. The number of hydrogen-bond acceptors (Lipinski definition) is 2. The maximum absolute atomic E-state index is 12.7. The molecule has 1 atom stereocenters. The number of rotatable bonds is 2. The molecule has 1 aromatic carbocycles. The normalized spacial score (nSPS) is 19.5. The molecule has 0 N–H and O–H groups in total. The molecule has 0 aliphatic carbocycles. The van der Waals surface area contributed by atoms with E-state index in [4.69, 9.17) is 5.26 Å². The summed E-state index contributed by atoms with van der Waals surface area (Å²) in [7, 11) is 0. The topological polar surface area (TPSA) is 27.0 Å². The van der Waals surface area contributed by atoms with Crippen LogP contribution in [0.4, 0.5) is 18.9 Å². The molecule has 1 unspecified atom stereocenters. The van der Waals surface area contributed by atoms with E-state index in [1.54, 1.807) is 6.07 Å². The van der Waals surface area contributed by atoms with Crippen LogP contribution in [0.1, 0.15) is 37.3 Å². The van der Waals surface area contributed by atoms with E-state index in [1.807, 2.05) is 0 Å². The first kappa shape index (κ1) is 13.7. The fourth-order valence-corrected chi connectivity index (χ4v) is 2.65. The maximum Gasteiger partial charge on any atom is 0.417 e. The van der Waals surface area contributed by atoms with Gasteiger partial charge >= 0.3 is 6.18 Å². The zero-order chi connectivity index (χ0) is 14.0. The molecular formula is C14H15F3N2. The largest absolute Gasteiger partial charge is 0.417 e. The summed E-state index contributed by atoms with van der Waals surface area (Å²) in [5.74, 6) is 0. The minimum Gasteiger partial charge on any atom is -0.369 e. The molecule has 1 heterocycles. The van der Waals surface area contributed by atoms with Crippen molar-refractivity contribution in [1.82, 2.24) is 0 Å². The van der Waals surface area contributed by atoms with Gasteiger partial charge in [0.05, 0.1) is 17.2 Å². The Kier molecular flexibility index (Phi) is 3.70. The van der Waals surface area contributed by atoms with Crippen LogP contribution >= 0.6 is 0 Å². The summed E-state index contributed by atoms with van der Waals surface area (Å²) >= 11 is 0. The first-order valence-corrected chi connectivity index (χ1v) is 6.35. The summed E-state index contributed by atoms with van der Waals surface area (Å²) in [6.07, 6.45) is -1.41. The van der Waals surface area contributed by atoms with Crippen LogP contribution in [-0.4, -0.2) is 12.6 Å². The van der Waals surface area contributed by atoms with E-state index < -0.39 is 11.7 Å². The van der Waals surface area contributed by atoms with Crippen molar-refractivity contribution in [2.24, 2.45) is 0 Å². The second kappa shape index (κ2) is 5.12. The van der Waals surface area contributed by atoms with Crippen molar-refractivity contribution < 1.29 is 13.2 Å². The van der Waals surface area contributed by atoms with Gasteiger partial charge in [-0.3, -0.25) is 0 Å². The summed E-state index contributed by atoms with van der Waals surface area (Å²) in [4.78, 5) is 2.10. The Morgan fingerprint density at radius 3 is 2.74 bits per heavy atom. The SMILES string of the molecule is CCC1CCCN1c1ccc(C(F)(F)F)c(C#N)c1. The van der Waals surface area contributed by atoms with E-state index >= 15 is 0 Å². The Labute approximate surface area is 110 Å².